The van der Waals surface area contributed by atoms with Gasteiger partial charge in [0.25, 0.3) is 5.91 Å². The number of nitrogens with one attached hydrogen (secondary N) is 2. The van der Waals surface area contributed by atoms with E-state index in [1.165, 1.54) is 17.2 Å². The summed E-state index contributed by atoms with van der Waals surface area (Å²) >= 11 is 0. The molecule has 8 nitrogen and oxygen atoms in total. The van der Waals surface area contributed by atoms with Crippen LogP contribution in [0.4, 0.5) is 21.7 Å². The van der Waals surface area contributed by atoms with Gasteiger partial charge in [-0.15, -0.1) is 0 Å². The van der Waals surface area contributed by atoms with Crippen LogP contribution in [0.5, 0.6) is 0 Å². The second-order valence-electron chi connectivity index (χ2n) is 7.28. The van der Waals surface area contributed by atoms with E-state index in [1.54, 1.807) is 37.0 Å². The minimum absolute atomic E-state index is 0.159. The van der Waals surface area contributed by atoms with Crippen LogP contribution in [0, 0.1) is 5.82 Å². The van der Waals surface area contributed by atoms with Gasteiger partial charge in [0.2, 0.25) is 5.95 Å². The van der Waals surface area contributed by atoms with Crippen molar-refractivity contribution in [3.63, 3.8) is 0 Å². The van der Waals surface area contributed by atoms with Crippen LogP contribution in [0.2, 0.25) is 0 Å². The lowest BCUT2D eigenvalue weighted by atomic mass is 10.2. The number of carbonyl (C=O) groups is 1. The van der Waals surface area contributed by atoms with Crippen molar-refractivity contribution in [1.82, 2.24) is 24.8 Å². The Labute approximate surface area is 174 Å². The standard InChI is InChI=1S/C21H24FN7O/c1-4-29-18(20(30)27(2)3)11-14-13-24-21(26-19(14)29)25-15-5-6-17(16(22)12-15)28-9-7-23-8-10-28/h4-6,11-13,23H,1,7-10H2,2-3H3,(H,24,25,26). The first-order valence-electron chi connectivity index (χ1n) is 9.72. The number of aromatic nitrogens is 3. The molecule has 30 heavy (non-hydrogen) atoms. The maximum absolute atomic E-state index is 14.7. The zero-order valence-electron chi connectivity index (χ0n) is 17.0. The molecule has 1 fully saturated rings. The molecular weight excluding hydrogens is 385 g/mol. The molecule has 0 bridgehead atoms. The lowest BCUT2D eigenvalue weighted by Crippen LogP contribution is -2.43. The van der Waals surface area contributed by atoms with E-state index in [1.807, 2.05) is 11.0 Å². The van der Waals surface area contributed by atoms with Gasteiger partial charge >= 0.3 is 0 Å². The van der Waals surface area contributed by atoms with Gasteiger partial charge in [-0.3, -0.25) is 9.36 Å². The molecule has 0 aliphatic carbocycles. The van der Waals surface area contributed by atoms with Gasteiger partial charge in [0.1, 0.15) is 17.2 Å². The minimum Gasteiger partial charge on any atom is -0.367 e. The highest BCUT2D eigenvalue weighted by Crippen LogP contribution is 2.26. The minimum atomic E-state index is -0.295. The molecule has 0 saturated carbocycles. The summed E-state index contributed by atoms with van der Waals surface area (Å²) in [7, 11) is 3.37. The van der Waals surface area contributed by atoms with Crippen LogP contribution < -0.4 is 15.5 Å². The summed E-state index contributed by atoms with van der Waals surface area (Å²) in [5, 5.41) is 7.02. The average molecular weight is 409 g/mol. The number of carbonyl (C=O) groups excluding carboxylic acids is 1. The van der Waals surface area contributed by atoms with Crippen molar-refractivity contribution in [2.24, 2.45) is 0 Å². The zero-order valence-corrected chi connectivity index (χ0v) is 17.0. The predicted molar refractivity (Wildman–Crippen MR) is 117 cm³/mol. The number of nitrogens with zero attached hydrogens (tertiary/aromatic N) is 5. The third-order valence-corrected chi connectivity index (χ3v) is 5.05. The number of piperazine rings is 1. The summed E-state index contributed by atoms with van der Waals surface area (Å²) in [6, 6.07) is 6.74. The van der Waals surface area contributed by atoms with Crippen molar-refractivity contribution in [1.29, 1.82) is 0 Å². The molecule has 9 heteroatoms. The molecule has 1 amide bonds. The maximum Gasteiger partial charge on any atom is 0.270 e. The zero-order chi connectivity index (χ0) is 21.3. The number of benzene rings is 1. The Hall–Kier alpha value is -3.46. The first kappa shape index (κ1) is 19.8. The van der Waals surface area contributed by atoms with Gasteiger partial charge in [-0.05, 0) is 24.3 Å². The van der Waals surface area contributed by atoms with Gasteiger partial charge in [-0.2, -0.15) is 4.98 Å². The lowest BCUT2D eigenvalue weighted by Gasteiger charge is -2.29. The molecule has 3 heterocycles. The Balaban J connectivity index is 1.61. The van der Waals surface area contributed by atoms with Crippen molar-refractivity contribution < 1.29 is 9.18 Å². The Morgan fingerprint density at radius 1 is 1.30 bits per heavy atom. The quantitative estimate of drug-likeness (QED) is 0.674. The van der Waals surface area contributed by atoms with Crippen LogP contribution in [0.15, 0.2) is 37.0 Å². The lowest BCUT2D eigenvalue weighted by molar-refractivity contribution is 0.0821. The van der Waals surface area contributed by atoms with E-state index in [2.05, 4.69) is 27.2 Å². The van der Waals surface area contributed by atoms with Crippen molar-refractivity contribution in [3.05, 3.63) is 48.6 Å². The molecule has 3 aromatic rings. The van der Waals surface area contributed by atoms with Gasteiger partial charge in [0, 0.05) is 63.7 Å². The molecule has 1 aromatic carbocycles. The maximum atomic E-state index is 14.7. The number of amides is 1. The summed E-state index contributed by atoms with van der Waals surface area (Å²) in [4.78, 5) is 24.7. The number of halogens is 1. The summed E-state index contributed by atoms with van der Waals surface area (Å²) in [5.74, 6) is -0.147. The van der Waals surface area contributed by atoms with E-state index in [4.69, 9.17) is 0 Å². The largest absolute Gasteiger partial charge is 0.367 e. The normalized spacial score (nSPS) is 14.0. The molecule has 2 aromatic heterocycles. The fraction of sp³-hybridized carbons (Fsp3) is 0.286. The van der Waals surface area contributed by atoms with Crippen LogP contribution in [0.25, 0.3) is 17.2 Å². The monoisotopic (exact) mass is 409 g/mol. The second-order valence-corrected chi connectivity index (χ2v) is 7.28. The molecule has 156 valence electrons. The van der Waals surface area contributed by atoms with Crippen LogP contribution in [-0.2, 0) is 0 Å². The Bertz CT molecular complexity index is 1100. The number of anilines is 3. The van der Waals surface area contributed by atoms with Crippen molar-refractivity contribution in [3.8, 4) is 0 Å². The van der Waals surface area contributed by atoms with E-state index >= 15 is 0 Å². The number of hydrogen-bond acceptors (Lipinski definition) is 6. The van der Waals surface area contributed by atoms with Crippen LogP contribution in [-0.4, -0.2) is 65.6 Å². The van der Waals surface area contributed by atoms with Gasteiger partial charge in [0.15, 0.2) is 0 Å². The Kier molecular flexibility index (Phi) is 5.37. The van der Waals surface area contributed by atoms with Gasteiger partial charge < -0.3 is 20.4 Å². The first-order valence-corrected chi connectivity index (χ1v) is 9.72. The van der Waals surface area contributed by atoms with Crippen molar-refractivity contribution >= 4 is 40.5 Å². The topological polar surface area (TPSA) is 78.3 Å². The van der Waals surface area contributed by atoms with Crippen LogP contribution in [0.3, 0.4) is 0 Å². The first-order chi connectivity index (χ1) is 14.5. The fourth-order valence-electron chi connectivity index (χ4n) is 3.52. The highest BCUT2D eigenvalue weighted by atomic mass is 19.1. The molecule has 1 saturated heterocycles. The Morgan fingerprint density at radius 2 is 2.07 bits per heavy atom. The summed E-state index contributed by atoms with van der Waals surface area (Å²) in [6.07, 6.45) is 3.17. The molecule has 0 unspecified atom stereocenters. The second kappa shape index (κ2) is 8.11. The van der Waals surface area contributed by atoms with Crippen molar-refractivity contribution in [2.45, 2.75) is 0 Å². The van der Waals surface area contributed by atoms with Gasteiger partial charge in [0.05, 0.1) is 5.69 Å². The molecule has 2 N–H and O–H groups in total. The molecule has 1 aliphatic heterocycles. The fourth-order valence-corrected chi connectivity index (χ4v) is 3.52. The summed E-state index contributed by atoms with van der Waals surface area (Å²) < 4.78 is 16.3. The van der Waals surface area contributed by atoms with Crippen LogP contribution >= 0.6 is 0 Å². The molecule has 0 radical (unpaired) electrons. The van der Waals surface area contributed by atoms with E-state index in [0.717, 1.165) is 26.2 Å². The van der Waals surface area contributed by atoms with E-state index < -0.39 is 0 Å². The van der Waals surface area contributed by atoms with Gasteiger partial charge in [-0.1, -0.05) is 6.58 Å². The van der Waals surface area contributed by atoms with E-state index in [9.17, 15) is 9.18 Å². The highest BCUT2D eigenvalue weighted by Gasteiger charge is 2.18. The van der Waals surface area contributed by atoms with E-state index in [0.29, 0.717) is 34.1 Å². The highest BCUT2D eigenvalue weighted by molar-refractivity contribution is 5.98. The third-order valence-electron chi connectivity index (χ3n) is 5.05. The smallest absolute Gasteiger partial charge is 0.270 e. The number of hydrogen-bond donors (Lipinski definition) is 2. The Morgan fingerprint density at radius 3 is 2.73 bits per heavy atom. The number of fused-ring (bicyclic) bond motifs is 1. The molecule has 0 spiro atoms. The molecule has 0 atom stereocenters. The summed E-state index contributed by atoms with van der Waals surface area (Å²) in [5.41, 5.74) is 2.13. The third kappa shape index (κ3) is 3.71. The van der Waals surface area contributed by atoms with E-state index in [-0.39, 0.29) is 11.7 Å². The number of rotatable bonds is 5. The summed E-state index contributed by atoms with van der Waals surface area (Å²) in [6.45, 7) is 7.02. The van der Waals surface area contributed by atoms with Crippen molar-refractivity contribution in [2.75, 3.05) is 50.5 Å². The SMILES string of the molecule is C=Cn1c(C(=O)N(C)C)cc2cnc(Nc3ccc(N4CCNCC4)c(F)c3)nc21. The average Bonchev–Trinajstić information content (AvgIpc) is 3.11. The molecule has 4 rings (SSSR count). The molecular formula is C21H24FN7O. The van der Waals surface area contributed by atoms with Crippen LogP contribution in [0.1, 0.15) is 10.5 Å². The van der Waals surface area contributed by atoms with Gasteiger partial charge in [-0.25, -0.2) is 9.37 Å². The molecule has 1 aliphatic rings. The predicted octanol–water partition coefficient (Wildman–Crippen LogP) is 2.53.